The highest BCUT2D eigenvalue weighted by Crippen LogP contribution is 2.17. The summed E-state index contributed by atoms with van der Waals surface area (Å²) in [6, 6.07) is 8.07. The van der Waals surface area contributed by atoms with Crippen molar-refractivity contribution in [2.75, 3.05) is 6.54 Å². The zero-order valence-corrected chi connectivity index (χ0v) is 11.5. The Morgan fingerprint density at radius 3 is 2.29 bits per heavy atom. The highest BCUT2D eigenvalue weighted by molar-refractivity contribution is 7.89. The summed E-state index contributed by atoms with van der Waals surface area (Å²) in [5, 5.41) is 0. The number of sulfonamides is 1. The van der Waals surface area contributed by atoms with Gasteiger partial charge >= 0.3 is 0 Å². The normalized spacial score (nSPS) is 12.0. The van der Waals surface area contributed by atoms with Crippen LogP contribution in [0, 0.1) is 0 Å². The number of hydrogen-bond donors (Lipinski definition) is 1. The van der Waals surface area contributed by atoms with E-state index in [0.29, 0.717) is 0 Å². The van der Waals surface area contributed by atoms with Crippen molar-refractivity contribution in [3.05, 3.63) is 30.3 Å². The maximum Gasteiger partial charge on any atom is 0.243 e. The molecule has 4 nitrogen and oxygen atoms in total. The average Bonchev–Trinajstić information content (AvgIpc) is 2.26. The lowest BCUT2D eigenvalue weighted by Gasteiger charge is -2.25. The van der Waals surface area contributed by atoms with E-state index in [1.165, 1.54) is 4.31 Å². The molecule has 0 fully saturated rings. The van der Waals surface area contributed by atoms with Crippen molar-refractivity contribution in [1.29, 1.82) is 0 Å². The van der Waals surface area contributed by atoms with Gasteiger partial charge in [0.15, 0.2) is 0 Å². The minimum absolute atomic E-state index is 0.0597. The monoisotopic (exact) mass is 272 g/mol. The van der Waals surface area contributed by atoms with E-state index in [4.69, 9.17) is 18.0 Å². The smallest absolute Gasteiger partial charge is 0.243 e. The SMILES string of the molecule is CC(C)N(CC(N)=S)S(=O)(=O)c1ccccc1. The van der Waals surface area contributed by atoms with Gasteiger partial charge in [0.2, 0.25) is 10.0 Å². The van der Waals surface area contributed by atoms with Crippen LogP contribution >= 0.6 is 12.2 Å². The molecule has 0 radical (unpaired) electrons. The quantitative estimate of drug-likeness (QED) is 0.822. The van der Waals surface area contributed by atoms with Crippen LogP contribution in [0.4, 0.5) is 0 Å². The van der Waals surface area contributed by atoms with Gasteiger partial charge in [-0.3, -0.25) is 0 Å². The summed E-state index contributed by atoms with van der Waals surface area (Å²) < 4.78 is 25.9. The van der Waals surface area contributed by atoms with Crippen molar-refractivity contribution in [2.45, 2.75) is 24.8 Å². The molecular weight excluding hydrogens is 256 g/mol. The van der Waals surface area contributed by atoms with Gasteiger partial charge in [-0.1, -0.05) is 30.4 Å². The van der Waals surface area contributed by atoms with Crippen molar-refractivity contribution in [3.63, 3.8) is 0 Å². The zero-order chi connectivity index (χ0) is 13.1. The predicted molar refractivity (Wildman–Crippen MR) is 72.3 cm³/mol. The summed E-state index contributed by atoms with van der Waals surface area (Å²) in [6.45, 7) is 3.64. The predicted octanol–water partition coefficient (Wildman–Crippen LogP) is 1.37. The summed E-state index contributed by atoms with van der Waals surface area (Å²) >= 11 is 4.78. The summed E-state index contributed by atoms with van der Waals surface area (Å²) in [5.74, 6) is 0. The number of nitrogens with zero attached hydrogens (tertiary/aromatic N) is 1. The molecule has 0 aliphatic rings. The number of thiocarbonyl (C=S) groups is 1. The van der Waals surface area contributed by atoms with Crippen LogP contribution in [0.15, 0.2) is 35.2 Å². The van der Waals surface area contributed by atoms with E-state index in [0.717, 1.165) is 0 Å². The van der Waals surface area contributed by atoms with Crippen LogP contribution in [-0.4, -0.2) is 30.3 Å². The van der Waals surface area contributed by atoms with Crippen LogP contribution in [0.5, 0.6) is 0 Å². The molecular formula is C11H16N2O2S2. The van der Waals surface area contributed by atoms with Gasteiger partial charge in [-0.15, -0.1) is 0 Å². The maximum absolute atomic E-state index is 12.3. The fraction of sp³-hybridized carbons (Fsp3) is 0.364. The molecule has 17 heavy (non-hydrogen) atoms. The van der Waals surface area contributed by atoms with Gasteiger partial charge in [0.05, 0.1) is 16.4 Å². The second-order valence-electron chi connectivity index (χ2n) is 3.92. The Labute approximate surface area is 107 Å². The molecule has 0 saturated heterocycles. The van der Waals surface area contributed by atoms with Crippen molar-refractivity contribution in [1.82, 2.24) is 4.31 Å². The lowest BCUT2D eigenvalue weighted by atomic mass is 10.4. The Morgan fingerprint density at radius 1 is 1.35 bits per heavy atom. The molecule has 0 aromatic heterocycles. The fourth-order valence-corrected chi connectivity index (χ4v) is 3.28. The van der Waals surface area contributed by atoms with Crippen LogP contribution in [0.3, 0.4) is 0 Å². The van der Waals surface area contributed by atoms with Gasteiger partial charge in [-0.25, -0.2) is 8.42 Å². The van der Waals surface area contributed by atoms with Crippen molar-refractivity contribution in [2.24, 2.45) is 5.73 Å². The number of rotatable bonds is 5. The van der Waals surface area contributed by atoms with Crippen LogP contribution in [-0.2, 0) is 10.0 Å². The molecule has 0 atom stereocenters. The standard InChI is InChI=1S/C11H16N2O2S2/c1-9(2)13(8-11(12)16)17(14,15)10-6-4-3-5-7-10/h3-7,9H,8H2,1-2H3,(H2,12,16). The highest BCUT2D eigenvalue weighted by Gasteiger charge is 2.26. The molecule has 1 aromatic rings. The van der Waals surface area contributed by atoms with Crippen molar-refractivity contribution < 1.29 is 8.42 Å². The van der Waals surface area contributed by atoms with Gasteiger partial charge in [-0.2, -0.15) is 4.31 Å². The molecule has 0 bridgehead atoms. The van der Waals surface area contributed by atoms with E-state index < -0.39 is 10.0 Å². The van der Waals surface area contributed by atoms with Crippen molar-refractivity contribution in [3.8, 4) is 0 Å². The Morgan fingerprint density at radius 2 is 1.88 bits per heavy atom. The fourth-order valence-electron chi connectivity index (χ4n) is 1.43. The van der Waals surface area contributed by atoms with Crippen LogP contribution < -0.4 is 5.73 Å². The first kappa shape index (κ1) is 14.1. The lowest BCUT2D eigenvalue weighted by Crippen LogP contribution is -2.42. The Hall–Kier alpha value is -0.980. The number of hydrogen-bond acceptors (Lipinski definition) is 3. The molecule has 0 saturated carbocycles. The molecule has 0 aliphatic carbocycles. The Kier molecular flexibility index (Phi) is 4.62. The molecule has 0 amide bonds. The first-order chi connectivity index (χ1) is 7.85. The van der Waals surface area contributed by atoms with E-state index in [9.17, 15) is 8.42 Å². The summed E-state index contributed by atoms with van der Waals surface area (Å²) in [6.07, 6.45) is 0. The van der Waals surface area contributed by atoms with Crippen LogP contribution in [0.25, 0.3) is 0 Å². The summed E-state index contributed by atoms with van der Waals surface area (Å²) in [4.78, 5) is 0.420. The van der Waals surface area contributed by atoms with E-state index in [2.05, 4.69) is 0 Å². The van der Waals surface area contributed by atoms with Gasteiger partial charge in [-0.05, 0) is 26.0 Å². The molecule has 1 rings (SSSR count). The largest absolute Gasteiger partial charge is 0.392 e. The third kappa shape index (κ3) is 3.49. The molecule has 94 valence electrons. The third-order valence-corrected chi connectivity index (χ3v) is 4.40. The van der Waals surface area contributed by atoms with E-state index in [-0.39, 0.29) is 22.5 Å². The summed E-state index contributed by atoms with van der Waals surface area (Å²) in [5.41, 5.74) is 5.43. The average molecular weight is 272 g/mol. The number of benzene rings is 1. The second kappa shape index (κ2) is 5.57. The summed E-state index contributed by atoms with van der Waals surface area (Å²) in [7, 11) is -3.53. The van der Waals surface area contributed by atoms with Crippen molar-refractivity contribution >= 4 is 27.2 Å². The first-order valence-corrected chi connectivity index (χ1v) is 7.05. The highest BCUT2D eigenvalue weighted by atomic mass is 32.2. The molecule has 0 aliphatic heterocycles. The van der Waals surface area contributed by atoms with Crippen LogP contribution in [0.1, 0.15) is 13.8 Å². The Bertz CT molecular complexity index is 483. The van der Waals surface area contributed by atoms with Gasteiger partial charge in [0, 0.05) is 6.04 Å². The topological polar surface area (TPSA) is 63.4 Å². The minimum Gasteiger partial charge on any atom is -0.392 e. The molecule has 2 N–H and O–H groups in total. The Balaban J connectivity index is 3.14. The minimum atomic E-state index is -3.53. The number of nitrogens with two attached hydrogens (primary N) is 1. The van der Waals surface area contributed by atoms with E-state index in [1.54, 1.807) is 44.2 Å². The van der Waals surface area contributed by atoms with Gasteiger partial charge in [0.1, 0.15) is 0 Å². The molecule has 0 spiro atoms. The zero-order valence-electron chi connectivity index (χ0n) is 9.83. The lowest BCUT2D eigenvalue weighted by molar-refractivity contribution is 0.391. The molecule has 0 unspecified atom stereocenters. The molecule has 0 heterocycles. The third-order valence-electron chi connectivity index (χ3n) is 2.24. The molecule has 6 heteroatoms. The van der Waals surface area contributed by atoms with E-state index in [1.807, 2.05) is 0 Å². The second-order valence-corrected chi connectivity index (χ2v) is 6.34. The maximum atomic E-state index is 12.3. The van der Waals surface area contributed by atoms with E-state index >= 15 is 0 Å². The molecule has 1 aromatic carbocycles. The first-order valence-electron chi connectivity index (χ1n) is 5.21. The van der Waals surface area contributed by atoms with Gasteiger partial charge < -0.3 is 5.73 Å². The van der Waals surface area contributed by atoms with Crippen LogP contribution in [0.2, 0.25) is 0 Å². The van der Waals surface area contributed by atoms with Gasteiger partial charge in [0.25, 0.3) is 0 Å².